The molecule has 6 heteroatoms. The van der Waals surface area contributed by atoms with Crippen LogP contribution in [0, 0.1) is 11.3 Å². The van der Waals surface area contributed by atoms with E-state index < -0.39 is 0 Å². The van der Waals surface area contributed by atoms with Crippen LogP contribution in [0.4, 0.5) is 5.82 Å². The summed E-state index contributed by atoms with van der Waals surface area (Å²) in [6, 6.07) is 17.2. The van der Waals surface area contributed by atoms with E-state index in [9.17, 15) is 5.26 Å². The highest BCUT2D eigenvalue weighted by atomic mass is 35.5. The van der Waals surface area contributed by atoms with Gasteiger partial charge in [-0.25, -0.2) is 4.98 Å². The van der Waals surface area contributed by atoms with E-state index in [0.717, 1.165) is 21.6 Å². The Morgan fingerprint density at radius 1 is 1.00 bits per heavy atom. The van der Waals surface area contributed by atoms with Crippen LogP contribution in [-0.2, 0) is 0 Å². The molecule has 124 valence electrons. The van der Waals surface area contributed by atoms with Crippen LogP contribution >= 0.6 is 35.0 Å². The third-order valence-electron chi connectivity index (χ3n) is 3.78. The van der Waals surface area contributed by atoms with Crippen LogP contribution < -0.4 is 5.73 Å². The molecule has 3 rings (SSSR count). The number of pyridine rings is 1. The van der Waals surface area contributed by atoms with E-state index in [0.29, 0.717) is 21.3 Å². The van der Waals surface area contributed by atoms with Crippen LogP contribution in [0.2, 0.25) is 10.0 Å². The second-order valence-electron chi connectivity index (χ2n) is 5.28. The van der Waals surface area contributed by atoms with Gasteiger partial charge in [-0.15, -0.1) is 11.8 Å². The van der Waals surface area contributed by atoms with Crippen molar-refractivity contribution in [1.29, 1.82) is 5.26 Å². The molecule has 2 N–H and O–H groups in total. The first-order valence-corrected chi connectivity index (χ1v) is 9.32. The Bertz CT molecular complexity index is 979. The molecule has 0 unspecified atom stereocenters. The average Bonchev–Trinajstić information content (AvgIpc) is 2.63. The molecule has 0 spiro atoms. The predicted molar refractivity (Wildman–Crippen MR) is 106 cm³/mol. The minimum atomic E-state index is 0.190. The molecule has 0 aliphatic rings. The summed E-state index contributed by atoms with van der Waals surface area (Å²) in [6.07, 6.45) is 2.02. The summed E-state index contributed by atoms with van der Waals surface area (Å²) in [5.41, 5.74) is 9.47. The molecule has 0 saturated heterocycles. The summed E-state index contributed by atoms with van der Waals surface area (Å²) in [7, 11) is 0. The number of nitrogens with zero attached hydrogens (tertiary/aromatic N) is 2. The zero-order valence-electron chi connectivity index (χ0n) is 13.3. The molecule has 0 amide bonds. The normalized spacial score (nSPS) is 10.5. The zero-order valence-corrected chi connectivity index (χ0v) is 15.6. The van der Waals surface area contributed by atoms with Crippen LogP contribution in [0.1, 0.15) is 5.56 Å². The number of benzene rings is 2. The molecular formula is C19H13Cl2N3S. The molecule has 1 aromatic heterocycles. The van der Waals surface area contributed by atoms with Gasteiger partial charge in [-0.1, -0.05) is 41.4 Å². The van der Waals surface area contributed by atoms with Crippen molar-refractivity contribution in [2.45, 2.75) is 4.90 Å². The molecule has 1 heterocycles. The number of halogens is 2. The van der Waals surface area contributed by atoms with Gasteiger partial charge in [0.2, 0.25) is 0 Å². The molecule has 3 nitrogen and oxygen atoms in total. The van der Waals surface area contributed by atoms with E-state index in [4.69, 9.17) is 28.9 Å². The summed E-state index contributed by atoms with van der Waals surface area (Å²) in [6.45, 7) is 0. The summed E-state index contributed by atoms with van der Waals surface area (Å²) in [5, 5.41) is 10.4. The lowest BCUT2D eigenvalue weighted by atomic mass is 9.98. The van der Waals surface area contributed by atoms with Crippen molar-refractivity contribution < 1.29 is 0 Å². The highest BCUT2D eigenvalue weighted by Crippen LogP contribution is 2.34. The number of nitriles is 1. The van der Waals surface area contributed by atoms with Crippen molar-refractivity contribution in [3.05, 3.63) is 64.1 Å². The lowest BCUT2D eigenvalue weighted by molar-refractivity contribution is 1.31. The molecule has 0 fully saturated rings. The van der Waals surface area contributed by atoms with Gasteiger partial charge in [0.15, 0.2) is 0 Å². The van der Waals surface area contributed by atoms with Crippen molar-refractivity contribution in [2.75, 3.05) is 12.0 Å². The Hall–Kier alpha value is -2.19. The first-order valence-electron chi connectivity index (χ1n) is 7.34. The second kappa shape index (κ2) is 7.37. The van der Waals surface area contributed by atoms with E-state index in [1.165, 1.54) is 0 Å². The average molecular weight is 386 g/mol. The van der Waals surface area contributed by atoms with Gasteiger partial charge in [-0.2, -0.15) is 5.26 Å². The van der Waals surface area contributed by atoms with Crippen molar-refractivity contribution in [1.82, 2.24) is 4.98 Å². The van der Waals surface area contributed by atoms with E-state index in [2.05, 4.69) is 11.1 Å². The largest absolute Gasteiger partial charge is 0.383 e. The fourth-order valence-corrected chi connectivity index (χ4v) is 3.19. The lowest BCUT2D eigenvalue weighted by Gasteiger charge is -2.11. The molecule has 0 atom stereocenters. The van der Waals surface area contributed by atoms with Gasteiger partial charge >= 0.3 is 0 Å². The minimum Gasteiger partial charge on any atom is -0.383 e. The number of nitrogen functional groups attached to an aromatic ring is 1. The summed E-state index contributed by atoms with van der Waals surface area (Å²) in [4.78, 5) is 5.50. The maximum atomic E-state index is 9.49. The van der Waals surface area contributed by atoms with E-state index in [-0.39, 0.29) is 5.82 Å². The van der Waals surface area contributed by atoms with Gasteiger partial charge < -0.3 is 5.73 Å². The zero-order chi connectivity index (χ0) is 18.0. The number of rotatable bonds is 3. The molecular weight excluding hydrogens is 373 g/mol. The molecule has 0 aliphatic carbocycles. The van der Waals surface area contributed by atoms with Crippen molar-refractivity contribution in [3.8, 4) is 28.5 Å². The first-order chi connectivity index (χ1) is 12.0. The minimum absolute atomic E-state index is 0.190. The number of hydrogen-bond acceptors (Lipinski definition) is 4. The van der Waals surface area contributed by atoms with E-state index in [1.807, 2.05) is 42.7 Å². The Morgan fingerprint density at radius 3 is 2.28 bits per heavy atom. The third-order valence-corrected chi connectivity index (χ3v) is 5.26. The summed E-state index contributed by atoms with van der Waals surface area (Å²) >= 11 is 13.7. The molecule has 25 heavy (non-hydrogen) atoms. The van der Waals surface area contributed by atoms with Gasteiger partial charge in [-0.3, -0.25) is 0 Å². The van der Waals surface area contributed by atoms with Crippen molar-refractivity contribution in [2.24, 2.45) is 0 Å². The van der Waals surface area contributed by atoms with E-state index >= 15 is 0 Å². The number of aromatic nitrogens is 1. The summed E-state index contributed by atoms with van der Waals surface area (Å²) in [5.74, 6) is 0.190. The quantitative estimate of drug-likeness (QED) is 0.570. The standard InChI is InChI=1S/C19H13Cl2N3S/c1-25-13-5-2-11(3-6-13)14-9-18(24-19(23)15(14)10-22)12-4-7-16(20)17(21)8-12/h2-9H,1H3,(H2,23,24). The molecule has 0 radical (unpaired) electrons. The van der Waals surface area contributed by atoms with E-state index in [1.54, 1.807) is 23.9 Å². The molecule has 3 aromatic rings. The molecule has 0 aliphatic heterocycles. The SMILES string of the molecule is CSc1ccc(-c2cc(-c3ccc(Cl)c(Cl)c3)nc(N)c2C#N)cc1. The monoisotopic (exact) mass is 385 g/mol. The first kappa shape index (κ1) is 17.6. The molecule has 0 bridgehead atoms. The second-order valence-corrected chi connectivity index (χ2v) is 6.98. The van der Waals surface area contributed by atoms with Gasteiger partial charge in [0.1, 0.15) is 17.5 Å². The van der Waals surface area contributed by atoms with Crippen LogP contribution in [0.15, 0.2) is 53.4 Å². The van der Waals surface area contributed by atoms with Crippen LogP contribution in [-0.4, -0.2) is 11.2 Å². The van der Waals surface area contributed by atoms with Crippen LogP contribution in [0.5, 0.6) is 0 Å². The number of anilines is 1. The summed E-state index contributed by atoms with van der Waals surface area (Å²) < 4.78 is 0. The van der Waals surface area contributed by atoms with Gasteiger partial charge in [0, 0.05) is 16.0 Å². The smallest absolute Gasteiger partial charge is 0.142 e. The third kappa shape index (κ3) is 3.59. The lowest BCUT2D eigenvalue weighted by Crippen LogP contribution is -1.99. The van der Waals surface area contributed by atoms with Crippen LogP contribution in [0.3, 0.4) is 0 Å². The highest BCUT2D eigenvalue weighted by Gasteiger charge is 2.14. The topological polar surface area (TPSA) is 62.7 Å². The van der Waals surface area contributed by atoms with Crippen LogP contribution in [0.25, 0.3) is 22.4 Å². The Labute approximate surface area is 160 Å². The van der Waals surface area contributed by atoms with Gasteiger partial charge in [0.25, 0.3) is 0 Å². The Balaban J connectivity index is 2.18. The maximum Gasteiger partial charge on any atom is 0.142 e. The fourth-order valence-electron chi connectivity index (χ4n) is 2.48. The maximum absolute atomic E-state index is 9.49. The van der Waals surface area contributed by atoms with Crippen molar-refractivity contribution >= 4 is 40.8 Å². The fraction of sp³-hybridized carbons (Fsp3) is 0.0526. The number of nitrogens with two attached hydrogens (primary N) is 1. The Kier molecular flexibility index (Phi) is 5.19. The number of thioether (sulfide) groups is 1. The predicted octanol–water partition coefficient (Wildman–Crippen LogP) is 5.90. The Morgan fingerprint density at radius 2 is 1.68 bits per heavy atom. The van der Waals surface area contributed by atoms with Gasteiger partial charge in [0.05, 0.1) is 15.7 Å². The molecule has 0 saturated carbocycles. The van der Waals surface area contributed by atoms with Crippen molar-refractivity contribution in [3.63, 3.8) is 0 Å². The molecule has 2 aromatic carbocycles. The van der Waals surface area contributed by atoms with Gasteiger partial charge in [-0.05, 0) is 42.2 Å². The highest BCUT2D eigenvalue weighted by molar-refractivity contribution is 7.98. The number of hydrogen-bond donors (Lipinski definition) is 1.